The van der Waals surface area contributed by atoms with Gasteiger partial charge in [0.15, 0.2) is 0 Å². The Kier molecular flexibility index (Phi) is 3.38. The summed E-state index contributed by atoms with van der Waals surface area (Å²) in [6.07, 6.45) is 3.06. The van der Waals surface area contributed by atoms with E-state index in [1.54, 1.807) is 0 Å². The van der Waals surface area contributed by atoms with Crippen molar-refractivity contribution >= 4 is 23.1 Å². The van der Waals surface area contributed by atoms with Crippen LogP contribution in [0.5, 0.6) is 0 Å². The molecule has 0 saturated heterocycles. The quantitative estimate of drug-likeness (QED) is 0.780. The van der Waals surface area contributed by atoms with E-state index in [1.807, 2.05) is 13.0 Å². The lowest BCUT2D eigenvalue weighted by Gasteiger charge is -2.30. The maximum atomic E-state index is 6.10. The Labute approximate surface area is 118 Å². The summed E-state index contributed by atoms with van der Waals surface area (Å²) in [6.45, 7) is 3.02. The molecule has 0 amide bonds. The van der Waals surface area contributed by atoms with Crippen molar-refractivity contribution in [2.45, 2.75) is 26.2 Å². The number of hydrogen-bond acceptors (Lipinski definition) is 3. The van der Waals surface area contributed by atoms with Gasteiger partial charge in [-0.15, -0.1) is 0 Å². The molecule has 98 valence electrons. The molecule has 0 radical (unpaired) electrons. The van der Waals surface area contributed by atoms with Crippen LogP contribution in [0.1, 0.15) is 24.7 Å². The van der Waals surface area contributed by atoms with E-state index < -0.39 is 0 Å². The zero-order chi connectivity index (χ0) is 13.2. The van der Waals surface area contributed by atoms with Crippen molar-refractivity contribution in [3.8, 4) is 0 Å². The molecule has 4 heteroatoms. The molecule has 0 N–H and O–H groups in total. The number of anilines is 2. The van der Waals surface area contributed by atoms with Crippen molar-refractivity contribution in [2.75, 3.05) is 11.4 Å². The van der Waals surface area contributed by atoms with E-state index in [0.29, 0.717) is 5.15 Å². The normalized spacial score (nSPS) is 14.3. The molecule has 0 fully saturated rings. The first-order chi connectivity index (χ1) is 9.28. The Balaban J connectivity index is 2.06. The van der Waals surface area contributed by atoms with E-state index in [1.165, 1.54) is 11.3 Å². The highest BCUT2D eigenvalue weighted by Gasteiger charge is 2.19. The van der Waals surface area contributed by atoms with Crippen molar-refractivity contribution in [1.82, 2.24) is 9.97 Å². The number of benzene rings is 1. The van der Waals surface area contributed by atoms with Gasteiger partial charge in [0.25, 0.3) is 0 Å². The summed E-state index contributed by atoms with van der Waals surface area (Å²) < 4.78 is 0. The molecule has 19 heavy (non-hydrogen) atoms. The highest BCUT2D eigenvalue weighted by Crippen LogP contribution is 2.32. The number of fused-ring (bicyclic) bond motifs is 1. The van der Waals surface area contributed by atoms with E-state index in [-0.39, 0.29) is 0 Å². The van der Waals surface area contributed by atoms with Gasteiger partial charge in [-0.05, 0) is 24.5 Å². The minimum atomic E-state index is 0.518. The Morgan fingerprint density at radius 2 is 2.11 bits per heavy atom. The van der Waals surface area contributed by atoms with E-state index in [9.17, 15) is 0 Å². The van der Waals surface area contributed by atoms with Crippen molar-refractivity contribution in [3.63, 3.8) is 0 Å². The Hall–Kier alpha value is -1.61. The molecular formula is C15H16ClN3. The summed E-state index contributed by atoms with van der Waals surface area (Å²) in [5.41, 5.74) is 2.62. The summed E-state index contributed by atoms with van der Waals surface area (Å²) in [5.74, 6) is 1.70. The number of rotatable bonds is 2. The van der Waals surface area contributed by atoms with Crippen LogP contribution < -0.4 is 4.90 Å². The third kappa shape index (κ3) is 2.43. The van der Waals surface area contributed by atoms with E-state index in [0.717, 1.165) is 37.4 Å². The Bertz CT molecular complexity index is 598. The molecule has 1 aromatic carbocycles. The van der Waals surface area contributed by atoms with Gasteiger partial charge in [0.2, 0.25) is 0 Å². The molecular weight excluding hydrogens is 258 g/mol. The second kappa shape index (κ2) is 5.17. The summed E-state index contributed by atoms with van der Waals surface area (Å²) >= 11 is 6.10. The molecule has 3 nitrogen and oxygen atoms in total. The molecule has 2 heterocycles. The van der Waals surface area contributed by atoms with Gasteiger partial charge in [0.1, 0.15) is 16.8 Å². The highest BCUT2D eigenvalue weighted by molar-refractivity contribution is 6.29. The molecule has 3 rings (SSSR count). The second-order valence-corrected chi connectivity index (χ2v) is 5.09. The lowest BCUT2D eigenvalue weighted by molar-refractivity contribution is 0.754. The van der Waals surface area contributed by atoms with Crippen LogP contribution in [0.2, 0.25) is 5.15 Å². The van der Waals surface area contributed by atoms with Gasteiger partial charge in [-0.25, -0.2) is 9.97 Å². The number of para-hydroxylation sites is 1. The lowest BCUT2D eigenvalue weighted by atomic mass is 10.0. The standard InChI is InChI=1S/C15H16ClN3/c1-2-14-17-13(16)10-15(18-14)19-9-5-7-11-6-3-4-8-12(11)19/h3-4,6,8,10H,2,5,7,9H2,1H3. The van der Waals surface area contributed by atoms with Gasteiger partial charge < -0.3 is 4.90 Å². The zero-order valence-corrected chi connectivity index (χ0v) is 11.7. The monoisotopic (exact) mass is 273 g/mol. The van der Waals surface area contributed by atoms with E-state index in [4.69, 9.17) is 11.6 Å². The third-order valence-electron chi connectivity index (χ3n) is 3.43. The highest BCUT2D eigenvalue weighted by atomic mass is 35.5. The van der Waals surface area contributed by atoms with Gasteiger partial charge in [-0.3, -0.25) is 0 Å². The molecule has 0 aliphatic carbocycles. The van der Waals surface area contributed by atoms with Crippen molar-refractivity contribution in [1.29, 1.82) is 0 Å². The van der Waals surface area contributed by atoms with Gasteiger partial charge in [-0.1, -0.05) is 36.7 Å². The van der Waals surface area contributed by atoms with Gasteiger partial charge >= 0.3 is 0 Å². The summed E-state index contributed by atoms with van der Waals surface area (Å²) in [6, 6.07) is 10.3. The minimum Gasteiger partial charge on any atom is -0.326 e. The molecule has 1 aliphatic heterocycles. The maximum absolute atomic E-state index is 6.10. The predicted molar refractivity (Wildman–Crippen MR) is 78.2 cm³/mol. The molecule has 0 saturated carbocycles. The second-order valence-electron chi connectivity index (χ2n) is 4.70. The largest absolute Gasteiger partial charge is 0.326 e. The van der Waals surface area contributed by atoms with Crippen molar-refractivity contribution in [2.24, 2.45) is 0 Å². The number of aryl methyl sites for hydroxylation is 2. The minimum absolute atomic E-state index is 0.518. The average Bonchev–Trinajstić information content (AvgIpc) is 2.46. The Morgan fingerprint density at radius 3 is 2.95 bits per heavy atom. The van der Waals surface area contributed by atoms with Crippen LogP contribution >= 0.6 is 11.6 Å². The van der Waals surface area contributed by atoms with Crippen LogP contribution in [0.4, 0.5) is 11.5 Å². The summed E-state index contributed by atoms with van der Waals surface area (Å²) in [7, 11) is 0. The average molecular weight is 274 g/mol. The smallest absolute Gasteiger partial charge is 0.138 e. The zero-order valence-electron chi connectivity index (χ0n) is 10.9. The summed E-state index contributed by atoms with van der Waals surface area (Å²) in [5, 5.41) is 0.518. The van der Waals surface area contributed by atoms with Gasteiger partial charge in [0, 0.05) is 24.7 Å². The molecule has 0 atom stereocenters. The summed E-state index contributed by atoms with van der Waals surface area (Å²) in [4.78, 5) is 11.1. The number of aromatic nitrogens is 2. The van der Waals surface area contributed by atoms with E-state index >= 15 is 0 Å². The van der Waals surface area contributed by atoms with Crippen LogP contribution in [0.15, 0.2) is 30.3 Å². The van der Waals surface area contributed by atoms with Crippen LogP contribution in [0, 0.1) is 0 Å². The van der Waals surface area contributed by atoms with Crippen LogP contribution in [0.25, 0.3) is 0 Å². The fourth-order valence-corrected chi connectivity index (χ4v) is 2.71. The number of halogens is 1. The molecule has 0 spiro atoms. The van der Waals surface area contributed by atoms with Crippen molar-refractivity contribution < 1.29 is 0 Å². The first kappa shape index (κ1) is 12.4. The van der Waals surface area contributed by atoms with Gasteiger partial charge in [0.05, 0.1) is 0 Å². The van der Waals surface area contributed by atoms with Crippen molar-refractivity contribution in [3.05, 3.63) is 46.9 Å². The molecule has 2 aromatic rings. The SMILES string of the molecule is CCc1nc(Cl)cc(N2CCCc3ccccc32)n1. The first-order valence-corrected chi connectivity index (χ1v) is 7.04. The molecule has 0 unspecified atom stereocenters. The number of nitrogens with zero attached hydrogens (tertiary/aromatic N) is 3. The van der Waals surface area contributed by atoms with E-state index in [2.05, 4.69) is 39.1 Å². The molecule has 1 aromatic heterocycles. The third-order valence-corrected chi connectivity index (χ3v) is 3.62. The number of hydrogen-bond donors (Lipinski definition) is 0. The first-order valence-electron chi connectivity index (χ1n) is 6.67. The lowest BCUT2D eigenvalue weighted by Crippen LogP contribution is -2.25. The Morgan fingerprint density at radius 1 is 1.26 bits per heavy atom. The fourth-order valence-electron chi connectivity index (χ4n) is 2.52. The molecule has 0 bridgehead atoms. The topological polar surface area (TPSA) is 29.0 Å². The maximum Gasteiger partial charge on any atom is 0.138 e. The van der Waals surface area contributed by atoms with Crippen LogP contribution in [-0.2, 0) is 12.8 Å². The predicted octanol–water partition coefficient (Wildman–Crippen LogP) is 3.78. The van der Waals surface area contributed by atoms with Crippen LogP contribution in [-0.4, -0.2) is 16.5 Å². The van der Waals surface area contributed by atoms with Crippen LogP contribution in [0.3, 0.4) is 0 Å². The van der Waals surface area contributed by atoms with Gasteiger partial charge in [-0.2, -0.15) is 0 Å². The fraction of sp³-hybridized carbons (Fsp3) is 0.333. The molecule has 1 aliphatic rings.